The molecule has 0 aliphatic carbocycles. The predicted octanol–water partition coefficient (Wildman–Crippen LogP) is 2.36. The van der Waals surface area contributed by atoms with Crippen LogP contribution in [0.25, 0.3) is 0 Å². The Bertz CT molecular complexity index is 645. The molecule has 132 valence electrons. The zero-order valence-corrected chi connectivity index (χ0v) is 14.2. The molecular formula is C16H22FN3O4. The van der Waals surface area contributed by atoms with Crippen molar-refractivity contribution in [1.82, 2.24) is 9.88 Å². The van der Waals surface area contributed by atoms with Crippen LogP contribution in [0.4, 0.5) is 14.9 Å². The minimum absolute atomic E-state index is 0.129. The summed E-state index contributed by atoms with van der Waals surface area (Å²) in [5.41, 5.74) is -0.666. The molecule has 1 fully saturated rings. The summed E-state index contributed by atoms with van der Waals surface area (Å²) in [4.78, 5) is 30.2. The third-order valence-electron chi connectivity index (χ3n) is 3.65. The number of nitrogens with zero attached hydrogens (tertiary/aromatic N) is 3. The van der Waals surface area contributed by atoms with Crippen LogP contribution in [0.5, 0.6) is 0 Å². The Morgan fingerprint density at radius 2 is 2.04 bits per heavy atom. The first-order valence-electron chi connectivity index (χ1n) is 7.72. The largest absolute Gasteiger partial charge is 0.476 e. The van der Waals surface area contributed by atoms with E-state index in [-0.39, 0.29) is 12.1 Å². The number of aromatic carboxylic acids is 1. The van der Waals surface area contributed by atoms with Gasteiger partial charge in [0, 0.05) is 31.7 Å². The molecule has 2 rings (SSSR count). The van der Waals surface area contributed by atoms with E-state index in [0.29, 0.717) is 25.3 Å². The average molecular weight is 339 g/mol. The number of piperazine rings is 1. The fourth-order valence-corrected chi connectivity index (χ4v) is 2.54. The molecule has 1 amide bonds. The van der Waals surface area contributed by atoms with E-state index in [9.17, 15) is 14.0 Å². The van der Waals surface area contributed by atoms with Crippen molar-refractivity contribution in [2.24, 2.45) is 0 Å². The fourth-order valence-electron chi connectivity index (χ4n) is 2.54. The number of carbonyl (C=O) groups is 2. The molecule has 8 heteroatoms. The van der Waals surface area contributed by atoms with Crippen LogP contribution in [-0.2, 0) is 4.74 Å². The number of amides is 1. The molecular weight excluding hydrogens is 317 g/mol. The number of carboxylic acid groups (broad SMARTS) is 1. The standard InChI is InChI=1S/C16H22FN3O4/c1-10-9-19(5-6-20(10)15(23)24-16(2,3)4)11-7-12(17)13(14(21)22)18-8-11/h7-8,10H,5-6,9H2,1-4H3,(H,21,22). The summed E-state index contributed by atoms with van der Waals surface area (Å²) < 4.78 is 19.2. The Labute approximate surface area is 140 Å². The van der Waals surface area contributed by atoms with Gasteiger partial charge in [-0.25, -0.2) is 19.0 Å². The quantitative estimate of drug-likeness (QED) is 0.891. The summed E-state index contributed by atoms with van der Waals surface area (Å²) in [6.45, 7) is 8.70. The summed E-state index contributed by atoms with van der Waals surface area (Å²) >= 11 is 0. The van der Waals surface area contributed by atoms with E-state index in [4.69, 9.17) is 9.84 Å². The van der Waals surface area contributed by atoms with Crippen molar-refractivity contribution in [2.75, 3.05) is 24.5 Å². The van der Waals surface area contributed by atoms with Gasteiger partial charge < -0.3 is 19.6 Å². The molecule has 1 aliphatic rings. The van der Waals surface area contributed by atoms with Crippen LogP contribution in [-0.4, -0.2) is 58.3 Å². The topological polar surface area (TPSA) is 83.0 Å². The number of anilines is 1. The number of carbonyl (C=O) groups excluding carboxylic acids is 1. The maximum atomic E-state index is 13.8. The van der Waals surface area contributed by atoms with Gasteiger partial charge in [-0.3, -0.25) is 0 Å². The van der Waals surface area contributed by atoms with Gasteiger partial charge in [0.2, 0.25) is 0 Å². The minimum Gasteiger partial charge on any atom is -0.476 e. The predicted molar refractivity (Wildman–Crippen MR) is 85.8 cm³/mol. The Morgan fingerprint density at radius 3 is 2.54 bits per heavy atom. The molecule has 24 heavy (non-hydrogen) atoms. The Morgan fingerprint density at radius 1 is 1.38 bits per heavy atom. The van der Waals surface area contributed by atoms with Crippen LogP contribution in [0.3, 0.4) is 0 Å². The highest BCUT2D eigenvalue weighted by Crippen LogP contribution is 2.22. The van der Waals surface area contributed by atoms with E-state index in [1.165, 1.54) is 6.20 Å². The van der Waals surface area contributed by atoms with Gasteiger partial charge in [-0.2, -0.15) is 0 Å². The molecule has 1 aromatic rings. The zero-order valence-electron chi connectivity index (χ0n) is 14.2. The molecule has 1 aromatic heterocycles. The van der Waals surface area contributed by atoms with Gasteiger partial charge in [0.15, 0.2) is 11.5 Å². The number of carboxylic acids is 1. The maximum Gasteiger partial charge on any atom is 0.410 e. The van der Waals surface area contributed by atoms with Gasteiger partial charge in [-0.15, -0.1) is 0 Å². The first kappa shape index (κ1) is 18.0. The fraction of sp³-hybridized carbons (Fsp3) is 0.562. The van der Waals surface area contributed by atoms with Crippen molar-refractivity contribution in [3.8, 4) is 0 Å². The molecule has 1 aliphatic heterocycles. The molecule has 1 N–H and O–H groups in total. The van der Waals surface area contributed by atoms with Gasteiger partial charge in [0.05, 0.1) is 11.9 Å². The van der Waals surface area contributed by atoms with Crippen molar-refractivity contribution in [1.29, 1.82) is 0 Å². The molecule has 1 unspecified atom stereocenters. The van der Waals surface area contributed by atoms with Crippen molar-refractivity contribution in [3.63, 3.8) is 0 Å². The number of hydrogen-bond acceptors (Lipinski definition) is 5. The lowest BCUT2D eigenvalue weighted by molar-refractivity contribution is 0.0158. The SMILES string of the molecule is CC1CN(c2cnc(C(=O)O)c(F)c2)CCN1C(=O)OC(C)(C)C. The van der Waals surface area contributed by atoms with Crippen molar-refractivity contribution in [3.05, 3.63) is 23.8 Å². The second-order valence-corrected chi connectivity index (χ2v) is 6.80. The third kappa shape index (κ3) is 4.12. The number of ether oxygens (including phenoxy) is 1. The van der Waals surface area contributed by atoms with Crippen LogP contribution >= 0.6 is 0 Å². The molecule has 0 radical (unpaired) electrons. The van der Waals surface area contributed by atoms with E-state index < -0.39 is 23.1 Å². The Balaban J connectivity index is 2.07. The van der Waals surface area contributed by atoms with Crippen molar-refractivity contribution < 1.29 is 23.8 Å². The smallest absolute Gasteiger partial charge is 0.410 e. The zero-order chi connectivity index (χ0) is 18.1. The monoisotopic (exact) mass is 339 g/mol. The molecule has 0 aromatic carbocycles. The van der Waals surface area contributed by atoms with E-state index >= 15 is 0 Å². The minimum atomic E-state index is -1.40. The molecule has 7 nitrogen and oxygen atoms in total. The lowest BCUT2D eigenvalue weighted by Gasteiger charge is -2.41. The second-order valence-electron chi connectivity index (χ2n) is 6.80. The summed E-state index contributed by atoms with van der Waals surface area (Å²) in [7, 11) is 0. The normalized spacial score (nSPS) is 18.5. The number of aromatic nitrogens is 1. The van der Waals surface area contributed by atoms with Crippen LogP contribution in [0.15, 0.2) is 12.3 Å². The first-order chi connectivity index (χ1) is 11.1. The highest BCUT2D eigenvalue weighted by Gasteiger charge is 2.31. The van der Waals surface area contributed by atoms with Crippen molar-refractivity contribution >= 4 is 17.7 Å². The summed E-state index contributed by atoms with van der Waals surface area (Å²) in [6, 6.07) is 1.03. The van der Waals surface area contributed by atoms with Gasteiger partial charge in [-0.05, 0) is 27.7 Å². The summed E-state index contributed by atoms with van der Waals surface area (Å²) in [5, 5.41) is 8.82. The van der Waals surface area contributed by atoms with Gasteiger partial charge in [0.1, 0.15) is 5.60 Å². The highest BCUT2D eigenvalue weighted by atomic mass is 19.1. The van der Waals surface area contributed by atoms with Crippen LogP contribution in [0, 0.1) is 5.82 Å². The number of halogens is 1. The molecule has 0 spiro atoms. The molecule has 0 saturated carbocycles. The van der Waals surface area contributed by atoms with E-state index in [0.717, 1.165) is 6.07 Å². The first-order valence-corrected chi connectivity index (χ1v) is 7.72. The number of pyridine rings is 1. The average Bonchev–Trinajstić information content (AvgIpc) is 2.44. The molecule has 0 bridgehead atoms. The summed E-state index contributed by atoms with van der Waals surface area (Å²) in [6.07, 6.45) is 0.961. The maximum absolute atomic E-state index is 13.8. The number of hydrogen-bond donors (Lipinski definition) is 1. The van der Waals surface area contributed by atoms with Gasteiger partial charge >= 0.3 is 12.1 Å². The second kappa shape index (κ2) is 6.62. The molecule has 1 saturated heterocycles. The summed E-state index contributed by atoms with van der Waals surface area (Å²) in [5.74, 6) is -2.27. The lowest BCUT2D eigenvalue weighted by atomic mass is 10.1. The Kier molecular flexibility index (Phi) is 4.96. The van der Waals surface area contributed by atoms with E-state index in [2.05, 4.69) is 4.98 Å². The highest BCUT2D eigenvalue weighted by molar-refractivity contribution is 5.85. The van der Waals surface area contributed by atoms with Gasteiger partial charge in [0.25, 0.3) is 0 Å². The molecule has 1 atom stereocenters. The van der Waals surface area contributed by atoms with Crippen LogP contribution < -0.4 is 4.90 Å². The third-order valence-corrected chi connectivity index (χ3v) is 3.65. The molecule has 2 heterocycles. The Hall–Kier alpha value is -2.38. The van der Waals surface area contributed by atoms with Gasteiger partial charge in [-0.1, -0.05) is 0 Å². The number of rotatable bonds is 2. The van der Waals surface area contributed by atoms with Crippen LogP contribution in [0.2, 0.25) is 0 Å². The van der Waals surface area contributed by atoms with Crippen molar-refractivity contribution in [2.45, 2.75) is 39.3 Å². The van der Waals surface area contributed by atoms with Crippen LogP contribution in [0.1, 0.15) is 38.2 Å². The lowest BCUT2D eigenvalue weighted by Crippen LogP contribution is -2.55. The van der Waals surface area contributed by atoms with E-state index in [1.807, 2.05) is 32.6 Å². The van der Waals surface area contributed by atoms with E-state index in [1.54, 1.807) is 4.90 Å².